The van der Waals surface area contributed by atoms with Crippen LogP contribution in [0.3, 0.4) is 0 Å². The highest BCUT2D eigenvalue weighted by Gasteiger charge is 2.21. The fourth-order valence-corrected chi connectivity index (χ4v) is 2.68. The molecule has 0 spiro atoms. The fourth-order valence-electron chi connectivity index (χ4n) is 1.55. The SMILES string of the molecule is CC(CN)S(=O)(=O)Cc1cn2ccccc2n1. The molecule has 6 heteroatoms. The Hall–Kier alpha value is -1.40. The van der Waals surface area contributed by atoms with Crippen molar-refractivity contribution in [3.8, 4) is 0 Å². The molecule has 0 aliphatic carbocycles. The molecule has 17 heavy (non-hydrogen) atoms. The maximum atomic E-state index is 11.9. The molecule has 2 heterocycles. The van der Waals surface area contributed by atoms with Gasteiger partial charge in [0.2, 0.25) is 0 Å². The highest BCUT2D eigenvalue weighted by atomic mass is 32.2. The molecule has 0 aromatic carbocycles. The van der Waals surface area contributed by atoms with Crippen LogP contribution in [0.5, 0.6) is 0 Å². The second-order valence-electron chi connectivity index (χ2n) is 4.05. The summed E-state index contributed by atoms with van der Waals surface area (Å²) in [7, 11) is -3.21. The molecule has 5 nitrogen and oxygen atoms in total. The Kier molecular flexibility index (Phi) is 3.17. The molecule has 0 saturated carbocycles. The minimum absolute atomic E-state index is 0.0625. The van der Waals surface area contributed by atoms with Gasteiger partial charge >= 0.3 is 0 Å². The maximum absolute atomic E-state index is 11.9. The van der Waals surface area contributed by atoms with Crippen LogP contribution >= 0.6 is 0 Å². The van der Waals surface area contributed by atoms with Crippen LogP contribution in [0.2, 0.25) is 0 Å². The lowest BCUT2D eigenvalue weighted by Gasteiger charge is -2.08. The van der Waals surface area contributed by atoms with Crippen molar-refractivity contribution in [1.82, 2.24) is 9.38 Å². The lowest BCUT2D eigenvalue weighted by atomic mass is 10.5. The van der Waals surface area contributed by atoms with Gasteiger partial charge in [-0.3, -0.25) is 0 Å². The summed E-state index contributed by atoms with van der Waals surface area (Å²) < 4.78 is 25.6. The molecule has 2 N–H and O–H groups in total. The molecule has 1 unspecified atom stereocenters. The molecule has 2 aromatic rings. The lowest BCUT2D eigenvalue weighted by Crippen LogP contribution is -2.27. The summed E-state index contributed by atoms with van der Waals surface area (Å²) in [6, 6.07) is 5.57. The van der Waals surface area contributed by atoms with Gasteiger partial charge in [-0.1, -0.05) is 6.07 Å². The molecule has 0 aliphatic heterocycles. The fraction of sp³-hybridized carbons (Fsp3) is 0.364. The van der Waals surface area contributed by atoms with Gasteiger partial charge in [0.05, 0.1) is 16.7 Å². The molecule has 2 aromatic heterocycles. The van der Waals surface area contributed by atoms with Gasteiger partial charge in [-0.2, -0.15) is 0 Å². The zero-order chi connectivity index (χ0) is 12.5. The molecular formula is C11H15N3O2S. The maximum Gasteiger partial charge on any atom is 0.159 e. The minimum atomic E-state index is -3.21. The number of sulfone groups is 1. The second kappa shape index (κ2) is 4.46. The Labute approximate surface area is 100 Å². The van der Waals surface area contributed by atoms with Crippen LogP contribution < -0.4 is 5.73 Å². The van der Waals surface area contributed by atoms with Crippen LogP contribution in [-0.4, -0.2) is 29.6 Å². The first-order valence-electron chi connectivity index (χ1n) is 5.37. The van der Waals surface area contributed by atoms with E-state index >= 15 is 0 Å². The summed E-state index contributed by atoms with van der Waals surface area (Å²) in [5, 5.41) is -0.535. The molecule has 92 valence electrons. The van der Waals surface area contributed by atoms with Gasteiger partial charge in [0, 0.05) is 18.9 Å². The number of rotatable bonds is 4. The molecule has 0 saturated heterocycles. The number of hydrogen-bond acceptors (Lipinski definition) is 4. The van der Waals surface area contributed by atoms with Gasteiger partial charge in [-0.15, -0.1) is 0 Å². The Morgan fingerprint density at radius 2 is 2.24 bits per heavy atom. The van der Waals surface area contributed by atoms with Crippen LogP contribution in [0.25, 0.3) is 5.65 Å². The summed E-state index contributed by atoms with van der Waals surface area (Å²) in [5.41, 5.74) is 6.68. The van der Waals surface area contributed by atoms with Gasteiger partial charge in [-0.25, -0.2) is 13.4 Å². The topological polar surface area (TPSA) is 77.5 Å². The summed E-state index contributed by atoms with van der Waals surface area (Å²) in [4.78, 5) is 4.26. The van der Waals surface area contributed by atoms with E-state index < -0.39 is 15.1 Å². The molecule has 0 radical (unpaired) electrons. The van der Waals surface area contributed by atoms with E-state index in [0.29, 0.717) is 5.69 Å². The van der Waals surface area contributed by atoms with Gasteiger partial charge in [0.15, 0.2) is 9.84 Å². The summed E-state index contributed by atoms with van der Waals surface area (Å²) in [5.74, 6) is -0.0625. The van der Waals surface area contributed by atoms with E-state index in [1.165, 1.54) is 0 Å². The summed E-state index contributed by atoms with van der Waals surface area (Å²) in [6.07, 6.45) is 3.57. The van der Waals surface area contributed by atoms with E-state index in [1.807, 2.05) is 24.4 Å². The van der Waals surface area contributed by atoms with E-state index in [-0.39, 0.29) is 12.3 Å². The lowest BCUT2D eigenvalue weighted by molar-refractivity contribution is 0.582. The molecule has 2 rings (SSSR count). The number of nitrogens with zero attached hydrogens (tertiary/aromatic N) is 2. The van der Waals surface area contributed by atoms with Crippen LogP contribution in [0.15, 0.2) is 30.6 Å². The highest BCUT2D eigenvalue weighted by molar-refractivity contribution is 7.91. The van der Waals surface area contributed by atoms with Gasteiger partial charge in [0.25, 0.3) is 0 Å². The standard InChI is InChI=1S/C11H15N3O2S/c1-9(6-12)17(15,16)8-10-7-14-5-3-2-4-11(14)13-10/h2-5,7,9H,6,8,12H2,1H3. The number of imidazole rings is 1. The Balaban J connectivity index is 2.30. The second-order valence-corrected chi connectivity index (χ2v) is 6.47. The first kappa shape index (κ1) is 12.1. The summed E-state index contributed by atoms with van der Waals surface area (Å²) >= 11 is 0. The van der Waals surface area contributed by atoms with E-state index in [0.717, 1.165) is 5.65 Å². The van der Waals surface area contributed by atoms with Crippen molar-refractivity contribution in [3.05, 3.63) is 36.3 Å². The Morgan fingerprint density at radius 3 is 2.88 bits per heavy atom. The van der Waals surface area contributed by atoms with E-state index in [9.17, 15) is 8.42 Å². The molecule has 0 fully saturated rings. The van der Waals surface area contributed by atoms with Crippen molar-refractivity contribution in [2.45, 2.75) is 17.9 Å². The smallest absolute Gasteiger partial charge is 0.159 e. The molecule has 1 atom stereocenters. The van der Waals surface area contributed by atoms with E-state index in [1.54, 1.807) is 17.5 Å². The van der Waals surface area contributed by atoms with E-state index in [4.69, 9.17) is 5.73 Å². The number of hydrogen-bond donors (Lipinski definition) is 1. The van der Waals surface area contributed by atoms with Crippen LogP contribution in [0, 0.1) is 0 Å². The number of nitrogens with two attached hydrogens (primary N) is 1. The number of aromatic nitrogens is 2. The monoisotopic (exact) mass is 253 g/mol. The quantitative estimate of drug-likeness (QED) is 0.865. The predicted molar refractivity (Wildman–Crippen MR) is 66.3 cm³/mol. The number of pyridine rings is 1. The first-order valence-corrected chi connectivity index (χ1v) is 7.09. The van der Waals surface area contributed by atoms with Crippen LogP contribution in [-0.2, 0) is 15.6 Å². The third-order valence-corrected chi connectivity index (χ3v) is 4.82. The van der Waals surface area contributed by atoms with Gasteiger partial charge in [0.1, 0.15) is 5.65 Å². The average molecular weight is 253 g/mol. The third kappa shape index (κ3) is 2.48. The third-order valence-electron chi connectivity index (χ3n) is 2.71. The van der Waals surface area contributed by atoms with Crippen molar-refractivity contribution < 1.29 is 8.42 Å². The largest absolute Gasteiger partial charge is 0.329 e. The van der Waals surface area contributed by atoms with Crippen LogP contribution in [0.4, 0.5) is 0 Å². The molecule has 0 aliphatic rings. The van der Waals surface area contributed by atoms with Gasteiger partial charge in [-0.05, 0) is 19.1 Å². The van der Waals surface area contributed by atoms with Crippen molar-refractivity contribution in [3.63, 3.8) is 0 Å². The minimum Gasteiger partial charge on any atom is -0.329 e. The van der Waals surface area contributed by atoms with Crippen molar-refractivity contribution >= 4 is 15.5 Å². The Morgan fingerprint density at radius 1 is 1.47 bits per heavy atom. The highest BCUT2D eigenvalue weighted by Crippen LogP contribution is 2.11. The van der Waals surface area contributed by atoms with E-state index in [2.05, 4.69) is 4.98 Å². The number of fused-ring (bicyclic) bond motifs is 1. The zero-order valence-electron chi connectivity index (χ0n) is 9.57. The van der Waals surface area contributed by atoms with Crippen molar-refractivity contribution in [2.75, 3.05) is 6.54 Å². The normalized spacial score (nSPS) is 14.0. The van der Waals surface area contributed by atoms with Crippen LogP contribution in [0.1, 0.15) is 12.6 Å². The predicted octanol–water partition coefficient (Wildman–Crippen LogP) is 0.596. The van der Waals surface area contributed by atoms with Gasteiger partial charge < -0.3 is 10.1 Å². The molecular weight excluding hydrogens is 238 g/mol. The van der Waals surface area contributed by atoms with Crippen molar-refractivity contribution in [1.29, 1.82) is 0 Å². The summed E-state index contributed by atoms with van der Waals surface area (Å²) in [6.45, 7) is 1.75. The van der Waals surface area contributed by atoms with Crippen molar-refractivity contribution in [2.24, 2.45) is 5.73 Å². The Bertz CT molecular complexity index is 585. The molecule has 0 amide bonds. The molecule has 0 bridgehead atoms. The first-order chi connectivity index (χ1) is 8.03. The average Bonchev–Trinajstić information content (AvgIpc) is 2.68. The zero-order valence-corrected chi connectivity index (χ0v) is 10.4.